The third-order valence-corrected chi connectivity index (χ3v) is 5.44. The molecule has 1 aromatic heterocycles. The van der Waals surface area contributed by atoms with Gasteiger partial charge in [-0.15, -0.1) is 0 Å². The molecule has 0 aliphatic carbocycles. The number of hydrogen-bond acceptors (Lipinski definition) is 4. The van der Waals surface area contributed by atoms with Crippen LogP contribution in [-0.2, 0) is 10.2 Å². The maximum absolute atomic E-state index is 12.4. The lowest BCUT2D eigenvalue weighted by Gasteiger charge is -2.45. The van der Waals surface area contributed by atoms with Crippen LogP contribution in [0.3, 0.4) is 0 Å². The summed E-state index contributed by atoms with van der Waals surface area (Å²) in [5.74, 6) is 0.761. The van der Waals surface area contributed by atoms with Crippen LogP contribution in [0.25, 0.3) is 0 Å². The maximum Gasteiger partial charge on any atom is 0.273 e. The molecule has 2 aromatic rings. The van der Waals surface area contributed by atoms with Crippen LogP contribution in [0.5, 0.6) is 0 Å². The third-order valence-electron chi connectivity index (χ3n) is 5.44. The van der Waals surface area contributed by atoms with Crippen molar-refractivity contribution in [2.24, 2.45) is 0 Å². The molecular formula is C22H30N2O3. The smallest absolute Gasteiger partial charge is 0.273 e. The topological polar surface area (TPSA) is 64.4 Å². The van der Waals surface area contributed by atoms with Gasteiger partial charge in [0.25, 0.3) is 5.91 Å². The molecule has 1 fully saturated rings. The predicted molar refractivity (Wildman–Crippen MR) is 105 cm³/mol. The van der Waals surface area contributed by atoms with Gasteiger partial charge in [0.15, 0.2) is 5.69 Å². The number of ether oxygens (including phenoxy) is 1. The SMILES string of the molecule is CC(C)c1cc(C(=O)NCC[C@]2(c3ccccc3)CCOC(C)(C)C2)no1. The minimum Gasteiger partial charge on any atom is -0.376 e. The Morgan fingerprint density at radius 2 is 2.00 bits per heavy atom. The number of hydrogen-bond donors (Lipinski definition) is 1. The normalized spacial score (nSPS) is 22.0. The molecule has 5 nitrogen and oxygen atoms in total. The molecule has 27 heavy (non-hydrogen) atoms. The Kier molecular flexibility index (Phi) is 5.70. The van der Waals surface area contributed by atoms with Gasteiger partial charge >= 0.3 is 0 Å². The summed E-state index contributed by atoms with van der Waals surface area (Å²) in [6, 6.07) is 12.3. The van der Waals surface area contributed by atoms with E-state index in [1.165, 1.54) is 5.56 Å². The van der Waals surface area contributed by atoms with Crippen LogP contribution in [0.15, 0.2) is 40.9 Å². The summed E-state index contributed by atoms with van der Waals surface area (Å²) in [7, 11) is 0. The predicted octanol–water partition coefficient (Wildman–Crippen LogP) is 4.44. The molecular weight excluding hydrogens is 340 g/mol. The number of carbonyl (C=O) groups excluding carboxylic acids is 1. The van der Waals surface area contributed by atoms with Crippen LogP contribution >= 0.6 is 0 Å². The lowest BCUT2D eigenvalue weighted by Crippen LogP contribution is -2.45. The highest BCUT2D eigenvalue weighted by Gasteiger charge is 2.41. The molecule has 0 saturated carbocycles. The van der Waals surface area contributed by atoms with Gasteiger partial charge in [-0.25, -0.2) is 0 Å². The first-order valence-corrected chi connectivity index (χ1v) is 9.76. The van der Waals surface area contributed by atoms with Crippen LogP contribution in [0.4, 0.5) is 0 Å². The molecule has 1 aromatic carbocycles. The van der Waals surface area contributed by atoms with Gasteiger partial charge in [0.1, 0.15) is 5.76 Å². The average molecular weight is 370 g/mol. The van der Waals surface area contributed by atoms with Gasteiger partial charge in [-0.05, 0) is 38.7 Å². The van der Waals surface area contributed by atoms with Crippen molar-refractivity contribution >= 4 is 5.91 Å². The minimum atomic E-state index is -0.180. The highest BCUT2D eigenvalue weighted by Crippen LogP contribution is 2.43. The Labute approximate surface area is 161 Å². The summed E-state index contributed by atoms with van der Waals surface area (Å²) >= 11 is 0. The van der Waals surface area contributed by atoms with E-state index in [1.54, 1.807) is 6.07 Å². The molecule has 0 bridgehead atoms. The van der Waals surface area contributed by atoms with Crippen molar-refractivity contribution in [3.05, 3.63) is 53.4 Å². The van der Waals surface area contributed by atoms with Crippen molar-refractivity contribution in [2.45, 2.75) is 63.9 Å². The van der Waals surface area contributed by atoms with Crippen molar-refractivity contribution in [3.8, 4) is 0 Å². The van der Waals surface area contributed by atoms with Crippen LogP contribution in [0.1, 0.15) is 74.7 Å². The van der Waals surface area contributed by atoms with Crippen molar-refractivity contribution in [1.82, 2.24) is 10.5 Å². The van der Waals surface area contributed by atoms with Crippen molar-refractivity contribution in [1.29, 1.82) is 0 Å². The summed E-state index contributed by atoms with van der Waals surface area (Å²) in [5.41, 5.74) is 1.50. The van der Waals surface area contributed by atoms with Gasteiger partial charge in [0.2, 0.25) is 0 Å². The van der Waals surface area contributed by atoms with E-state index in [1.807, 2.05) is 19.9 Å². The Morgan fingerprint density at radius 3 is 2.63 bits per heavy atom. The molecule has 2 heterocycles. The Bertz CT molecular complexity index is 767. The van der Waals surface area contributed by atoms with Crippen molar-refractivity contribution < 1.29 is 14.1 Å². The van der Waals surface area contributed by atoms with Crippen molar-refractivity contribution in [2.75, 3.05) is 13.2 Å². The van der Waals surface area contributed by atoms with Gasteiger partial charge in [-0.3, -0.25) is 4.79 Å². The Hall–Kier alpha value is -2.14. The molecule has 1 amide bonds. The van der Waals surface area contributed by atoms with Crippen LogP contribution in [0, 0.1) is 0 Å². The average Bonchev–Trinajstić information content (AvgIpc) is 3.12. The van der Waals surface area contributed by atoms with Gasteiger partial charge in [0.05, 0.1) is 5.60 Å². The molecule has 5 heteroatoms. The second-order valence-electron chi connectivity index (χ2n) is 8.46. The van der Waals surface area contributed by atoms with Crippen LogP contribution in [0.2, 0.25) is 0 Å². The highest BCUT2D eigenvalue weighted by molar-refractivity contribution is 5.92. The molecule has 0 unspecified atom stereocenters. The molecule has 1 aliphatic heterocycles. The lowest BCUT2D eigenvalue weighted by molar-refractivity contribution is -0.0838. The van der Waals surface area contributed by atoms with Gasteiger partial charge < -0.3 is 14.6 Å². The number of rotatable bonds is 6. The zero-order chi connectivity index (χ0) is 19.5. The summed E-state index contributed by atoms with van der Waals surface area (Å²) in [6.45, 7) is 9.64. The summed E-state index contributed by atoms with van der Waals surface area (Å²) in [5, 5.41) is 6.91. The zero-order valence-electron chi connectivity index (χ0n) is 16.7. The highest BCUT2D eigenvalue weighted by atomic mass is 16.5. The van der Waals surface area contributed by atoms with Gasteiger partial charge in [-0.2, -0.15) is 0 Å². The molecule has 146 valence electrons. The number of aromatic nitrogens is 1. The first kappa shape index (κ1) is 19.6. The third kappa shape index (κ3) is 4.59. The zero-order valence-corrected chi connectivity index (χ0v) is 16.7. The Morgan fingerprint density at radius 1 is 1.26 bits per heavy atom. The maximum atomic E-state index is 12.4. The fraction of sp³-hybridized carbons (Fsp3) is 0.545. The minimum absolute atomic E-state index is 0.00318. The lowest BCUT2D eigenvalue weighted by atomic mass is 9.67. The summed E-state index contributed by atoms with van der Waals surface area (Å²) < 4.78 is 11.2. The molecule has 1 atom stereocenters. The van der Waals surface area contributed by atoms with E-state index in [9.17, 15) is 4.79 Å². The van der Waals surface area contributed by atoms with E-state index in [2.05, 4.69) is 48.6 Å². The molecule has 1 N–H and O–H groups in total. The van der Waals surface area contributed by atoms with E-state index in [0.29, 0.717) is 12.2 Å². The van der Waals surface area contributed by atoms with Crippen molar-refractivity contribution in [3.63, 3.8) is 0 Å². The van der Waals surface area contributed by atoms with Crippen LogP contribution < -0.4 is 5.32 Å². The number of nitrogens with one attached hydrogen (secondary N) is 1. The van der Waals surface area contributed by atoms with E-state index < -0.39 is 0 Å². The molecule has 0 spiro atoms. The number of benzene rings is 1. The number of carbonyl (C=O) groups is 1. The van der Waals surface area contributed by atoms with E-state index >= 15 is 0 Å². The fourth-order valence-electron chi connectivity index (χ4n) is 4.05. The van der Waals surface area contributed by atoms with Gasteiger partial charge in [0, 0.05) is 30.6 Å². The summed E-state index contributed by atoms with van der Waals surface area (Å²) in [4.78, 5) is 12.4. The first-order valence-electron chi connectivity index (χ1n) is 9.76. The van der Waals surface area contributed by atoms with Gasteiger partial charge in [-0.1, -0.05) is 49.3 Å². The van der Waals surface area contributed by atoms with E-state index in [-0.39, 0.29) is 22.8 Å². The molecule has 0 radical (unpaired) electrons. The Balaban J connectivity index is 1.69. The fourth-order valence-corrected chi connectivity index (χ4v) is 4.05. The molecule has 1 saturated heterocycles. The molecule has 3 rings (SSSR count). The largest absolute Gasteiger partial charge is 0.376 e. The number of nitrogens with zero attached hydrogens (tertiary/aromatic N) is 1. The second-order valence-corrected chi connectivity index (χ2v) is 8.46. The monoisotopic (exact) mass is 370 g/mol. The van der Waals surface area contributed by atoms with E-state index in [4.69, 9.17) is 9.26 Å². The second kappa shape index (κ2) is 7.85. The summed E-state index contributed by atoms with van der Waals surface area (Å²) in [6.07, 6.45) is 2.75. The standard InChI is InChI=1S/C22H30N2O3/c1-16(2)19-14-18(24-27-19)20(25)23-12-10-22(17-8-6-5-7-9-17)11-13-26-21(3,4)15-22/h5-9,14,16H,10-13,15H2,1-4H3,(H,23,25)/t22-/m0/s1. The first-order chi connectivity index (χ1) is 12.8. The number of amides is 1. The quantitative estimate of drug-likeness (QED) is 0.816. The van der Waals surface area contributed by atoms with Crippen LogP contribution in [-0.4, -0.2) is 29.8 Å². The molecule has 1 aliphatic rings. The van der Waals surface area contributed by atoms with E-state index in [0.717, 1.165) is 31.6 Å².